The Morgan fingerprint density at radius 2 is 1.36 bits per heavy atom. The number of ether oxygens (including phenoxy) is 2. The number of thioether (sulfide) groups is 1. The first-order valence-corrected chi connectivity index (χ1v) is 15.2. The Balaban J connectivity index is 1.59. The van der Waals surface area contributed by atoms with E-state index in [1.165, 1.54) is 102 Å². The van der Waals surface area contributed by atoms with Crippen molar-refractivity contribution in [3.05, 3.63) is 6.33 Å². The summed E-state index contributed by atoms with van der Waals surface area (Å²) in [7, 11) is 1.86. The highest BCUT2D eigenvalue weighted by Crippen LogP contribution is 2.29. The minimum Gasteiger partial charge on any atom is -0.476 e. The van der Waals surface area contributed by atoms with Crippen LogP contribution in [0, 0.1) is 0 Å². The van der Waals surface area contributed by atoms with Crippen molar-refractivity contribution in [3.8, 4) is 5.88 Å². The summed E-state index contributed by atoms with van der Waals surface area (Å²) in [4.78, 5) is 20.6. The van der Waals surface area contributed by atoms with Crippen molar-refractivity contribution in [1.82, 2.24) is 19.7 Å². The standard InChI is InChI=1S/C28H48N4O3S/c1-4-6-8-9-10-11-12-13-14-15-16-17-18-19-21-35-28-26-25(31-32(28)3)27(30-23-29-26)36-22-24(33)34-20-7-5-2/h23H,4-22H2,1-3H3. The molecule has 0 fully saturated rings. The molecule has 0 amide bonds. The summed E-state index contributed by atoms with van der Waals surface area (Å²) < 4.78 is 13.0. The third kappa shape index (κ3) is 11.9. The zero-order valence-corrected chi connectivity index (χ0v) is 23.8. The van der Waals surface area contributed by atoms with Crippen LogP contribution in [-0.2, 0) is 16.6 Å². The highest BCUT2D eigenvalue weighted by atomic mass is 32.2. The Bertz CT molecular complexity index is 859. The zero-order valence-electron chi connectivity index (χ0n) is 22.9. The molecular weight excluding hydrogens is 472 g/mol. The third-order valence-electron chi connectivity index (χ3n) is 6.36. The molecule has 0 N–H and O–H groups in total. The number of unbranched alkanes of at least 4 members (excludes halogenated alkanes) is 14. The Labute approximate surface area is 222 Å². The van der Waals surface area contributed by atoms with Gasteiger partial charge in [0, 0.05) is 7.05 Å². The number of nitrogens with zero attached hydrogens (tertiary/aromatic N) is 4. The summed E-state index contributed by atoms with van der Waals surface area (Å²) in [6.45, 7) is 5.47. The van der Waals surface area contributed by atoms with Gasteiger partial charge in [-0.2, -0.15) is 5.10 Å². The van der Waals surface area contributed by atoms with Crippen molar-refractivity contribution in [2.24, 2.45) is 7.05 Å². The van der Waals surface area contributed by atoms with Gasteiger partial charge >= 0.3 is 5.97 Å². The van der Waals surface area contributed by atoms with Gasteiger partial charge in [0.2, 0.25) is 5.88 Å². The van der Waals surface area contributed by atoms with Gasteiger partial charge in [0.15, 0.2) is 5.52 Å². The van der Waals surface area contributed by atoms with E-state index in [2.05, 4.69) is 28.9 Å². The summed E-state index contributed by atoms with van der Waals surface area (Å²) in [5.41, 5.74) is 1.36. The molecule has 0 bridgehead atoms. The molecule has 204 valence electrons. The molecule has 8 heteroatoms. The highest BCUT2D eigenvalue weighted by molar-refractivity contribution is 8.00. The maximum Gasteiger partial charge on any atom is 0.316 e. The summed E-state index contributed by atoms with van der Waals surface area (Å²) in [6, 6.07) is 0. The van der Waals surface area contributed by atoms with E-state index in [-0.39, 0.29) is 11.7 Å². The first-order valence-electron chi connectivity index (χ1n) is 14.3. The first-order chi connectivity index (χ1) is 17.7. The monoisotopic (exact) mass is 520 g/mol. The van der Waals surface area contributed by atoms with E-state index in [0.29, 0.717) is 35.2 Å². The van der Waals surface area contributed by atoms with Crippen LogP contribution in [0.2, 0.25) is 0 Å². The minimum absolute atomic E-state index is 0.210. The van der Waals surface area contributed by atoms with Gasteiger partial charge in [-0.3, -0.25) is 4.79 Å². The van der Waals surface area contributed by atoms with Crippen LogP contribution in [-0.4, -0.2) is 44.7 Å². The SMILES string of the molecule is CCCCCCCCCCCCCCCCOc1c2ncnc(SCC(=O)OCCCC)c2nn1C. The Kier molecular flexibility index (Phi) is 16.3. The average molecular weight is 521 g/mol. The van der Waals surface area contributed by atoms with Crippen LogP contribution >= 0.6 is 11.8 Å². The number of rotatable bonds is 22. The van der Waals surface area contributed by atoms with Crippen molar-refractivity contribution in [3.63, 3.8) is 0 Å². The van der Waals surface area contributed by atoms with Gasteiger partial charge in [-0.15, -0.1) is 0 Å². The van der Waals surface area contributed by atoms with Gasteiger partial charge in [-0.25, -0.2) is 14.6 Å². The molecule has 0 aromatic carbocycles. The van der Waals surface area contributed by atoms with Crippen molar-refractivity contribution < 1.29 is 14.3 Å². The van der Waals surface area contributed by atoms with Crippen LogP contribution in [0.3, 0.4) is 0 Å². The number of carbonyl (C=O) groups is 1. The smallest absolute Gasteiger partial charge is 0.316 e. The molecule has 0 radical (unpaired) electrons. The molecule has 0 aliphatic rings. The van der Waals surface area contributed by atoms with Crippen molar-refractivity contribution in [2.45, 2.75) is 122 Å². The van der Waals surface area contributed by atoms with Gasteiger partial charge in [0.05, 0.1) is 19.0 Å². The molecule has 36 heavy (non-hydrogen) atoms. The Morgan fingerprint density at radius 3 is 1.97 bits per heavy atom. The fourth-order valence-electron chi connectivity index (χ4n) is 4.19. The maximum absolute atomic E-state index is 11.9. The van der Waals surface area contributed by atoms with Crippen molar-refractivity contribution in [1.29, 1.82) is 0 Å². The van der Waals surface area contributed by atoms with E-state index in [9.17, 15) is 4.79 Å². The Morgan fingerprint density at radius 1 is 0.778 bits per heavy atom. The lowest BCUT2D eigenvalue weighted by Crippen LogP contribution is -2.08. The number of esters is 1. The number of hydrogen-bond acceptors (Lipinski definition) is 7. The number of hydrogen-bond donors (Lipinski definition) is 0. The molecule has 0 atom stereocenters. The summed E-state index contributed by atoms with van der Waals surface area (Å²) in [5, 5.41) is 5.22. The van der Waals surface area contributed by atoms with Crippen LogP contribution in [0.25, 0.3) is 11.0 Å². The number of fused-ring (bicyclic) bond motifs is 1. The quantitative estimate of drug-likeness (QED) is 0.0682. The molecule has 0 saturated heterocycles. The second kappa shape index (κ2) is 19.3. The zero-order chi connectivity index (χ0) is 25.8. The highest BCUT2D eigenvalue weighted by Gasteiger charge is 2.17. The molecule has 0 aliphatic carbocycles. The summed E-state index contributed by atoms with van der Waals surface area (Å²) in [5.74, 6) is 0.640. The summed E-state index contributed by atoms with van der Waals surface area (Å²) >= 11 is 1.33. The normalized spacial score (nSPS) is 11.3. The summed E-state index contributed by atoms with van der Waals surface area (Å²) in [6.07, 6.45) is 22.1. The molecule has 0 spiro atoms. The first kappa shape index (κ1) is 30.4. The predicted octanol–water partition coefficient (Wildman–Crippen LogP) is 7.66. The van der Waals surface area contributed by atoms with Crippen LogP contribution in [0.4, 0.5) is 0 Å². The topological polar surface area (TPSA) is 79.1 Å². The van der Waals surface area contributed by atoms with E-state index < -0.39 is 0 Å². The van der Waals surface area contributed by atoms with Crippen LogP contribution < -0.4 is 4.74 Å². The molecule has 0 aliphatic heterocycles. The van der Waals surface area contributed by atoms with Gasteiger partial charge in [-0.05, 0) is 12.8 Å². The fraction of sp³-hybridized carbons (Fsp3) is 0.786. The second-order valence-electron chi connectivity index (χ2n) is 9.61. The predicted molar refractivity (Wildman–Crippen MR) is 149 cm³/mol. The minimum atomic E-state index is -0.231. The van der Waals surface area contributed by atoms with E-state index >= 15 is 0 Å². The van der Waals surface area contributed by atoms with E-state index in [0.717, 1.165) is 19.3 Å². The number of aromatic nitrogens is 4. The number of aryl methyl sites for hydroxylation is 1. The molecule has 2 aromatic heterocycles. The molecule has 2 rings (SSSR count). The molecule has 2 heterocycles. The fourth-order valence-corrected chi connectivity index (χ4v) is 4.92. The van der Waals surface area contributed by atoms with Crippen molar-refractivity contribution in [2.75, 3.05) is 19.0 Å². The lowest BCUT2D eigenvalue weighted by Gasteiger charge is -2.06. The molecule has 0 saturated carbocycles. The lowest BCUT2D eigenvalue weighted by molar-refractivity contribution is -0.140. The van der Waals surface area contributed by atoms with Crippen LogP contribution in [0.1, 0.15) is 117 Å². The van der Waals surface area contributed by atoms with E-state index in [1.54, 1.807) is 4.68 Å². The third-order valence-corrected chi connectivity index (χ3v) is 7.31. The maximum atomic E-state index is 11.9. The largest absolute Gasteiger partial charge is 0.476 e. The van der Waals surface area contributed by atoms with Gasteiger partial charge in [-0.1, -0.05) is 116 Å². The lowest BCUT2D eigenvalue weighted by atomic mass is 10.0. The van der Waals surface area contributed by atoms with Gasteiger partial charge in [0.25, 0.3) is 0 Å². The van der Waals surface area contributed by atoms with Crippen molar-refractivity contribution >= 4 is 28.8 Å². The Hall–Kier alpha value is -1.83. The molecular formula is C28H48N4O3S. The van der Waals surface area contributed by atoms with E-state index in [4.69, 9.17) is 9.47 Å². The van der Waals surface area contributed by atoms with Crippen LogP contribution in [0.15, 0.2) is 11.4 Å². The molecule has 2 aromatic rings. The van der Waals surface area contributed by atoms with Crippen LogP contribution in [0.5, 0.6) is 5.88 Å². The molecule has 7 nitrogen and oxygen atoms in total. The van der Waals surface area contributed by atoms with Gasteiger partial charge < -0.3 is 9.47 Å². The average Bonchev–Trinajstić information content (AvgIpc) is 3.20. The molecule has 0 unspecified atom stereocenters. The van der Waals surface area contributed by atoms with E-state index in [1.807, 2.05) is 7.05 Å². The second-order valence-corrected chi connectivity index (χ2v) is 10.6. The number of carbonyl (C=O) groups excluding carboxylic acids is 1. The van der Waals surface area contributed by atoms with Gasteiger partial charge in [0.1, 0.15) is 16.9 Å².